The predicted octanol–water partition coefficient (Wildman–Crippen LogP) is 2.23. The molecule has 0 radical (unpaired) electrons. The van der Waals surface area contributed by atoms with E-state index < -0.39 is 0 Å². The molecule has 0 spiro atoms. The van der Waals surface area contributed by atoms with Crippen molar-refractivity contribution in [1.29, 1.82) is 0 Å². The maximum absolute atomic E-state index is 9.64. The number of ether oxygens (including phenoxy) is 1. The minimum absolute atomic E-state index is 0.0954. The molecule has 2 rings (SSSR count). The van der Waals surface area contributed by atoms with Crippen LogP contribution in [0.25, 0.3) is 0 Å². The summed E-state index contributed by atoms with van der Waals surface area (Å²) in [6.45, 7) is 4.76. The third kappa shape index (κ3) is 4.67. The Kier molecular flexibility index (Phi) is 4.96. The molecule has 1 aromatic heterocycles. The molecule has 0 bridgehead atoms. The van der Waals surface area contributed by atoms with Gasteiger partial charge in [0.2, 0.25) is 5.88 Å². The highest BCUT2D eigenvalue weighted by Gasteiger charge is 2.19. The van der Waals surface area contributed by atoms with Crippen molar-refractivity contribution in [3.63, 3.8) is 0 Å². The quantitative estimate of drug-likeness (QED) is 0.854. The van der Waals surface area contributed by atoms with Gasteiger partial charge in [-0.15, -0.1) is 0 Å². The van der Waals surface area contributed by atoms with E-state index in [4.69, 9.17) is 4.74 Å². The second-order valence-corrected chi connectivity index (χ2v) is 5.48. The summed E-state index contributed by atoms with van der Waals surface area (Å²) >= 11 is 0. The summed E-state index contributed by atoms with van der Waals surface area (Å²) in [7, 11) is 0. The summed E-state index contributed by atoms with van der Waals surface area (Å²) in [6.07, 6.45) is 7.37. The fourth-order valence-electron chi connectivity index (χ4n) is 2.43. The average Bonchev–Trinajstić information content (AvgIpc) is 2.36. The van der Waals surface area contributed by atoms with Crippen molar-refractivity contribution in [2.75, 3.05) is 11.9 Å². The zero-order valence-corrected chi connectivity index (χ0v) is 11.7. The normalized spacial score (nSPS) is 23.4. The van der Waals surface area contributed by atoms with Crippen LogP contribution in [-0.2, 0) is 0 Å². The van der Waals surface area contributed by atoms with Crippen LogP contribution in [0.3, 0.4) is 0 Å². The third-order valence-corrected chi connectivity index (χ3v) is 3.30. The van der Waals surface area contributed by atoms with Crippen molar-refractivity contribution in [2.24, 2.45) is 5.92 Å². The number of nitrogens with one attached hydrogen (secondary N) is 1. The molecule has 1 aliphatic rings. The van der Waals surface area contributed by atoms with Gasteiger partial charge in [0.25, 0.3) is 0 Å². The summed E-state index contributed by atoms with van der Waals surface area (Å²) in [4.78, 5) is 8.47. The Morgan fingerprint density at radius 3 is 3.00 bits per heavy atom. The zero-order valence-electron chi connectivity index (χ0n) is 11.7. The lowest BCUT2D eigenvalue weighted by Gasteiger charge is -2.26. The fraction of sp³-hybridized carbons (Fsp3) is 0.714. The molecule has 0 aromatic carbocycles. The Labute approximate surface area is 114 Å². The highest BCUT2D eigenvalue weighted by molar-refractivity contribution is 5.33. The molecule has 1 aromatic rings. The Hall–Kier alpha value is -1.36. The number of aromatic nitrogens is 2. The van der Waals surface area contributed by atoms with Gasteiger partial charge in [0.15, 0.2) is 0 Å². The topological polar surface area (TPSA) is 67.3 Å². The van der Waals surface area contributed by atoms with Gasteiger partial charge in [0, 0.05) is 6.54 Å². The average molecular weight is 265 g/mol. The van der Waals surface area contributed by atoms with Crippen molar-refractivity contribution >= 4 is 5.82 Å². The third-order valence-electron chi connectivity index (χ3n) is 3.30. The van der Waals surface area contributed by atoms with Crippen molar-refractivity contribution in [2.45, 2.75) is 51.7 Å². The Morgan fingerprint density at radius 1 is 1.42 bits per heavy atom. The summed E-state index contributed by atoms with van der Waals surface area (Å²) in [5.74, 6) is 1.79. The molecule has 1 saturated carbocycles. The molecule has 5 nitrogen and oxygen atoms in total. The molecule has 0 amide bonds. The van der Waals surface area contributed by atoms with Crippen LogP contribution in [0.4, 0.5) is 5.82 Å². The molecular formula is C14H23N3O2. The molecule has 2 atom stereocenters. The number of anilines is 1. The molecule has 2 N–H and O–H groups in total. The minimum atomic E-state index is -0.137. The number of aliphatic hydroxyl groups is 1. The summed E-state index contributed by atoms with van der Waals surface area (Å²) in [5.41, 5.74) is 0. The lowest BCUT2D eigenvalue weighted by molar-refractivity contribution is 0.104. The van der Waals surface area contributed by atoms with E-state index in [0.717, 1.165) is 31.6 Å². The van der Waals surface area contributed by atoms with Crippen molar-refractivity contribution < 1.29 is 9.84 Å². The second-order valence-electron chi connectivity index (χ2n) is 5.48. The lowest BCUT2D eigenvalue weighted by atomic mass is 9.87. The van der Waals surface area contributed by atoms with Gasteiger partial charge in [-0.25, -0.2) is 0 Å². The first-order valence-electron chi connectivity index (χ1n) is 7.04. The van der Waals surface area contributed by atoms with E-state index in [9.17, 15) is 5.11 Å². The molecule has 2 unspecified atom stereocenters. The smallest absolute Gasteiger partial charge is 0.234 e. The molecule has 106 valence electrons. The number of nitrogens with zero attached hydrogens (tertiary/aromatic N) is 2. The molecule has 1 fully saturated rings. The van der Waals surface area contributed by atoms with Crippen LogP contribution in [0, 0.1) is 5.92 Å². The highest BCUT2D eigenvalue weighted by atomic mass is 16.5. The maximum Gasteiger partial charge on any atom is 0.234 e. The van der Waals surface area contributed by atoms with E-state index in [2.05, 4.69) is 15.3 Å². The van der Waals surface area contributed by atoms with Gasteiger partial charge in [-0.2, -0.15) is 4.98 Å². The maximum atomic E-state index is 9.64. The van der Waals surface area contributed by atoms with E-state index in [1.54, 1.807) is 12.4 Å². The van der Waals surface area contributed by atoms with E-state index in [1.165, 1.54) is 6.42 Å². The molecule has 0 aliphatic heterocycles. The van der Waals surface area contributed by atoms with Crippen molar-refractivity contribution in [3.8, 4) is 5.88 Å². The van der Waals surface area contributed by atoms with Crippen LogP contribution < -0.4 is 10.1 Å². The first-order chi connectivity index (χ1) is 9.13. The number of hydrogen-bond donors (Lipinski definition) is 2. The summed E-state index contributed by atoms with van der Waals surface area (Å²) in [5, 5.41) is 12.9. The Bertz CT molecular complexity index is 398. The van der Waals surface area contributed by atoms with Gasteiger partial charge < -0.3 is 15.2 Å². The van der Waals surface area contributed by atoms with Gasteiger partial charge >= 0.3 is 0 Å². The monoisotopic (exact) mass is 265 g/mol. The van der Waals surface area contributed by atoms with Gasteiger partial charge in [-0.3, -0.25) is 4.98 Å². The van der Waals surface area contributed by atoms with Crippen LogP contribution in [0.5, 0.6) is 5.88 Å². The highest BCUT2D eigenvalue weighted by Crippen LogP contribution is 2.24. The largest absolute Gasteiger partial charge is 0.474 e. The summed E-state index contributed by atoms with van der Waals surface area (Å²) in [6, 6.07) is 0. The Balaban J connectivity index is 1.85. The first kappa shape index (κ1) is 14.1. The zero-order chi connectivity index (χ0) is 13.7. The molecular weight excluding hydrogens is 242 g/mol. The molecule has 0 saturated heterocycles. The fourth-order valence-corrected chi connectivity index (χ4v) is 2.43. The SMILES string of the molecule is CC(C)Oc1cncc(NCC2CCCC(O)C2)n1. The van der Waals surface area contributed by atoms with Gasteiger partial charge in [0.1, 0.15) is 5.82 Å². The second kappa shape index (κ2) is 6.70. The van der Waals surface area contributed by atoms with Crippen LogP contribution in [0.1, 0.15) is 39.5 Å². The predicted molar refractivity (Wildman–Crippen MR) is 74.3 cm³/mol. The number of hydrogen-bond acceptors (Lipinski definition) is 5. The number of aliphatic hydroxyl groups excluding tert-OH is 1. The van der Waals surface area contributed by atoms with Crippen LogP contribution >= 0.6 is 0 Å². The molecule has 5 heteroatoms. The van der Waals surface area contributed by atoms with Crippen LogP contribution in [0.2, 0.25) is 0 Å². The van der Waals surface area contributed by atoms with E-state index in [0.29, 0.717) is 11.8 Å². The molecule has 19 heavy (non-hydrogen) atoms. The van der Waals surface area contributed by atoms with Crippen LogP contribution in [-0.4, -0.2) is 33.8 Å². The van der Waals surface area contributed by atoms with Crippen molar-refractivity contribution in [3.05, 3.63) is 12.4 Å². The van der Waals surface area contributed by atoms with Gasteiger partial charge in [-0.1, -0.05) is 6.42 Å². The van der Waals surface area contributed by atoms with E-state index >= 15 is 0 Å². The lowest BCUT2D eigenvalue weighted by Crippen LogP contribution is -2.25. The standard InChI is InChI=1S/C14H23N3O2/c1-10(2)19-14-9-15-8-13(17-14)16-7-11-4-3-5-12(18)6-11/h8-12,18H,3-7H2,1-2H3,(H,16,17). The Morgan fingerprint density at radius 2 is 2.26 bits per heavy atom. The van der Waals surface area contributed by atoms with Gasteiger partial charge in [-0.05, 0) is 39.0 Å². The van der Waals surface area contributed by atoms with Gasteiger partial charge in [0.05, 0.1) is 24.6 Å². The molecule has 1 aliphatic carbocycles. The first-order valence-corrected chi connectivity index (χ1v) is 7.04. The summed E-state index contributed by atoms with van der Waals surface area (Å²) < 4.78 is 5.51. The van der Waals surface area contributed by atoms with Crippen molar-refractivity contribution in [1.82, 2.24) is 9.97 Å². The molecule has 1 heterocycles. The number of rotatable bonds is 5. The van der Waals surface area contributed by atoms with E-state index in [-0.39, 0.29) is 12.2 Å². The van der Waals surface area contributed by atoms with Crippen LogP contribution in [0.15, 0.2) is 12.4 Å². The van der Waals surface area contributed by atoms with E-state index in [1.807, 2.05) is 13.8 Å². The minimum Gasteiger partial charge on any atom is -0.474 e.